The molecule has 3 aromatic heterocycles. The van der Waals surface area contributed by atoms with Crippen LogP contribution in [0.3, 0.4) is 0 Å². The van der Waals surface area contributed by atoms with Crippen molar-refractivity contribution in [3.05, 3.63) is 186 Å². The SMILES string of the molecule is C=C(c1ccccc1)c1c2nc(c(-c3ccccc3)c3ccc([n-]3)c(-c3ccccc3)c3nc(c(-c4ccccc4)c4ccc1[n-]4)C=C3)C=C2.[Ni+2]. The molecule has 9 rings (SSSR count). The summed E-state index contributed by atoms with van der Waals surface area (Å²) >= 11 is 0. The van der Waals surface area contributed by atoms with Gasteiger partial charge in [0.05, 0.1) is 22.8 Å². The predicted octanol–water partition coefficient (Wildman–Crippen LogP) is 11.0. The van der Waals surface area contributed by atoms with Gasteiger partial charge < -0.3 is 9.97 Å². The Balaban J connectivity index is 0.00000374. The molecule has 2 aliphatic heterocycles. The summed E-state index contributed by atoms with van der Waals surface area (Å²) in [7, 11) is 0. The Labute approximate surface area is 306 Å². The molecule has 2 aliphatic rings. The fraction of sp³-hybridized carbons (Fsp3) is 0. The molecular formula is C46H30N4Ni. The second kappa shape index (κ2) is 13.6. The van der Waals surface area contributed by atoms with Crippen molar-refractivity contribution in [3.63, 3.8) is 0 Å². The molecule has 0 unspecified atom stereocenters. The van der Waals surface area contributed by atoms with E-state index in [-0.39, 0.29) is 16.5 Å². The molecule has 51 heavy (non-hydrogen) atoms. The second-order valence-electron chi connectivity index (χ2n) is 12.3. The molecule has 7 aromatic rings. The van der Waals surface area contributed by atoms with Crippen LogP contribution in [-0.2, 0) is 16.5 Å². The van der Waals surface area contributed by atoms with E-state index in [1.54, 1.807) is 0 Å². The van der Waals surface area contributed by atoms with Gasteiger partial charge in [0.1, 0.15) is 0 Å². The molecule has 5 heterocycles. The van der Waals surface area contributed by atoms with E-state index in [2.05, 4.69) is 140 Å². The minimum absolute atomic E-state index is 0. The first-order chi connectivity index (χ1) is 24.7. The molecule has 8 bridgehead atoms. The van der Waals surface area contributed by atoms with Gasteiger partial charge in [-0.1, -0.05) is 152 Å². The van der Waals surface area contributed by atoms with Gasteiger partial charge in [-0.2, -0.15) is 0 Å². The van der Waals surface area contributed by atoms with E-state index in [1.807, 2.05) is 36.4 Å². The minimum Gasteiger partial charge on any atom is -0.657 e. The van der Waals surface area contributed by atoms with Crippen LogP contribution in [0.4, 0.5) is 0 Å². The van der Waals surface area contributed by atoms with Crippen LogP contribution in [0.1, 0.15) is 33.9 Å². The van der Waals surface area contributed by atoms with Crippen molar-refractivity contribution in [2.24, 2.45) is 0 Å². The van der Waals surface area contributed by atoms with E-state index in [4.69, 9.17) is 19.9 Å². The first-order valence-electron chi connectivity index (χ1n) is 16.7. The number of benzene rings is 4. The number of nitrogens with zero attached hydrogens (tertiary/aromatic N) is 4. The van der Waals surface area contributed by atoms with Crippen molar-refractivity contribution >= 4 is 51.9 Å². The van der Waals surface area contributed by atoms with Gasteiger partial charge in [-0.25, -0.2) is 9.97 Å². The fourth-order valence-electron chi connectivity index (χ4n) is 6.88. The maximum Gasteiger partial charge on any atom is 2.00 e. The normalized spacial score (nSPS) is 11.7. The summed E-state index contributed by atoms with van der Waals surface area (Å²) < 4.78 is 0. The van der Waals surface area contributed by atoms with Crippen molar-refractivity contribution < 1.29 is 16.5 Å². The summed E-state index contributed by atoms with van der Waals surface area (Å²) in [6, 6.07) is 49.7. The topological polar surface area (TPSA) is 54.0 Å². The van der Waals surface area contributed by atoms with Gasteiger partial charge in [0.25, 0.3) is 0 Å². The van der Waals surface area contributed by atoms with E-state index in [0.29, 0.717) is 0 Å². The van der Waals surface area contributed by atoms with Crippen LogP contribution >= 0.6 is 0 Å². The van der Waals surface area contributed by atoms with Crippen molar-refractivity contribution in [2.45, 2.75) is 0 Å². The van der Waals surface area contributed by atoms with Gasteiger partial charge in [-0.15, -0.1) is 22.1 Å². The quantitative estimate of drug-likeness (QED) is 0.168. The molecule has 4 aromatic carbocycles. The average Bonchev–Trinajstić information content (AvgIpc) is 4.01. The summed E-state index contributed by atoms with van der Waals surface area (Å²) in [6.45, 7) is 4.60. The third-order valence-corrected chi connectivity index (χ3v) is 9.22. The second-order valence-corrected chi connectivity index (χ2v) is 12.3. The largest absolute Gasteiger partial charge is 2.00 e. The van der Waals surface area contributed by atoms with Gasteiger partial charge in [-0.3, -0.25) is 0 Å². The monoisotopic (exact) mass is 696 g/mol. The molecule has 0 saturated heterocycles. The zero-order chi connectivity index (χ0) is 33.4. The van der Waals surface area contributed by atoms with E-state index < -0.39 is 0 Å². The van der Waals surface area contributed by atoms with Crippen LogP contribution in [0.15, 0.2) is 152 Å². The first kappa shape index (κ1) is 31.9. The maximum absolute atomic E-state index is 5.32. The fourth-order valence-corrected chi connectivity index (χ4v) is 6.88. The van der Waals surface area contributed by atoms with Crippen LogP contribution in [0.25, 0.3) is 85.3 Å². The average molecular weight is 697 g/mol. The molecular weight excluding hydrogens is 667 g/mol. The molecule has 0 atom stereocenters. The number of rotatable bonds is 5. The molecule has 0 radical (unpaired) electrons. The Hall–Kier alpha value is -6.29. The molecule has 244 valence electrons. The molecule has 0 spiro atoms. The zero-order valence-corrected chi connectivity index (χ0v) is 28.5. The van der Waals surface area contributed by atoms with Crippen LogP contribution in [0.2, 0.25) is 0 Å². The van der Waals surface area contributed by atoms with Gasteiger partial charge in [-0.05, 0) is 74.4 Å². The third-order valence-electron chi connectivity index (χ3n) is 9.22. The Morgan fingerprint density at radius 2 is 0.725 bits per heavy atom. The zero-order valence-electron chi connectivity index (χ0n) is 27.5. The van der Waals surface area contributed by atoms with Crippen LogP contribution in [0.5, 0.6) is 0 Å². The Morgan fingerprint density at radius 1 is 0.392 bits per heavy atom. The summed E-state index contributed by atoms with van der Waals surface area (Å²) in [4.78, 5) is 21.3. The summed E-state index contributed by atoms with van der Waals surface area (Å²) in [5.41, 5.74) is 15.4. The Bertz CT molecular complexity index is 2600. The van der Waals surface area contributed by atoms with Crippen LogP contribution < -0.4 is 9.97 Å². The van der Waals surface area contributed by atoms with Gasteiger partial charge >= 0.3 is 16.5 Å². The molecule has 0 fully saturated rings. The predicted molar refractivity (Wildman–Crippen MR) is 208 cm³/mol. The molecule has 4 nitrogen and oxygen atoms in total. The smallest absolute Gasteiger partial charge is 0.657 e. The van der Waals surface area contributed by atoms with Crippen molar-refractivity contribution in [3.8, 4) is 33.4 Å². The Morgan fingerprint density at radius 3 is 1.16 bits per heavy atom. The molecule has 0 saturated carbocycles. The summed E-state index contributed by atoms with van der Waals surface area (Å²) in [5.74, 6) is 0. The van der Waals surface area contributed by atoms with E-state index >= 15 is 0 Å². The van der Waals surface area contributed by atoms with Crippen LogP contribution in [0, 0.1) is 0 Å². The van der Waals surface area contributed by atoms with Gasteiger partial charge in [0.15, 0.2) is 0 Å². The van der Waals surface area contributed by atoms with Crippen molar-refractivity contribution in [2.75, 3.05) is 0 Å². The summed E-state index contributed by atoms with van der Waals surface area (Å²) in [6.07, 6.45) is 8.35. The van der Waals surface area contributed by atoms with Crippen molar-refractivity contribution in [1.82, 2.24) is 19.9 Å². The van der Waals surface area contributed by atoms with Gasteiger partial charge in [0, 0.05) is 0 Å². The van der Waals surface area contributed by atoms with E-state index in [1.165, 1.54) is 0 Å². The van der Waals surface area contributed by atoms with Crippen LogP contribution in [-0.4, -0.2) is 9.97 Å². The van der Waals surface area contributed by atoms with E-state index in [9.17, 15) is 0 Å². The molecule has 0 amide bonds. The minimum atomic E-state index is 0. The number of fused-ring (bicyclic) bond motifs is 8. The summed E-state index contributed by atoms with van der Waals surface area (Å²) in [5, 5.41) is 0. The number of hydrogen-bond donors (Lipinski definition) is 0. The Kier molecular flexibility index (Phi) is 8.49. The number of hydrogen-bond acceptors (Lipinski definition) is 2. The van der Waals surface area contributed by atoms with Crippen molar-refractivity contribution in [1.29, 1.82) is 0 Å². The maximum atomic E-state index is 5.32. The van der Waals surface area contributed by atoms with E-state index in [0.717, 1.165) is 94.9 Å². The van der Waals surface area contributed by atoms with Gasteiger partial charge in [0.2, 0.25) is 0 Å². The molecule has 5 heteroatoms. The third kappa shape index (κ3) is 5.88. The number of aromatic nitrogens is 4. The first-order valence-corrected chi connectivity index (χ1v) is 16.7. The molecule has 0 N–H and O–H groups in total. The standard InChI is InChI=1S/C46H30N4.Ni/c1-30(31-14-6-2-7-15-31)43-35-22-24-37(47-35)44(32-16-8-3-9-17-32)39-26-28-41(49-39)46(34-20-12-5-13-21-34)42-29-27-40(50-42)45(33-18-10-4-11-19-33)38-25-23-36(43)48-38;/h2-29H,1H2;/q-2;+2. The molecule has 0 aliphatic carbocycles.